The topological polar surface area (TPSA) is 79.9 Å². The summed E-state index contributed by atoms with van der Waals surface area (Å²) in [4.78, 5) is 27.8. The second-order valence-corrected chi connectivity index (χ2v) is 18.4. The molecule has 1 fully saturated rings. The summed E-state index contributed by atoms with van der Waals surface area (Å²) in [7, 11) is 0.117. The molecule has 0 spiro atoms. The minimum Gasteiger partial charge on any atom is -0.446 e. The minimum absolute atomic E-state index is 0.0690. The van der Waals surface area contributed by atoms with Gasteiger partial charge < -0.3 is 19.4 Å². The fourth-order valence-corrected chi connectivity index (χ4v) is 5.97. The van der Waals surface area contributed by atoms with Crippen molar-refractivity contribution in [3.63, 3.8) is 0 Å². The Morgan fingerprint density at radius 2 is 1.62 bits per heavy atom. The Hall–Kier alpha value is -3.53. The summed E-state index contributed by atoms with van der Waals surface area (Å²) in [6.45, 7) is 13.0. The van der Waals surface area contributed by atoms with Crippen molar-refractivity contribution in [2.45, 2.75) is 83.7 Å². The lowest BCUT2D eigenvalue weighted by Crippen LogP contribution is -2.40. The van der Waals surface area contributed by atoms with Crippen molar-refractivity contribution in [2.24, 2.45) is 0 Å². The highest BCUT2D eigenvalue weighted by Gasteiger charge is 2.37. The summed E-state index contributed by atoms with van der Waals surface area (Å²) >= 11 is 0. The van der Waals surface area contributed by atoms with E-state index in [4.69, 9.17) is 9.16 Å². The van der Waals surface area contributed by atoms with Gasteiger partial charge in [0.1, 0.15) is 11.9 Å². The summed E-state index contributed by atoms with van der Waals surface area (Å²) in [6.07, 6.45) is 2.49. The molecule has 0 unspecified atom stereocenters. The lowest BCUT2D eigenvalue weighted by Gasteiger charge is -2.36. The van der Waals surface area contributed by atoms with Gasteiger partial charge in [-0.25, -0.2) is 9.18 Å². The van der Waals surface area contributed by atoms with E-state index in [1.165, 1.54) is 6.07 Å². The van der Waals surface area contributed by atoms with Crippen LogP contribution >= 0.6 is 0 Å². The van der Waals surface area contributed by atoms with E-state index in [1.807, 2.05) is 48.5 Å². The molecule has 1 heterocycles. The largest absolute Gasteiger partial charge is 0.446 e. The zero-order chi connectivity index (χ0) is 32.6. The van der Waals surface area contributed by atoms with Crippen LogP contribution in [0.3, 0.4) is 0 Å². The number of nitrogens with one attached hydrogen (secondary N) is 2. The van der Waals surface area contributed by atoms with Gasteiger partial charge in [0.05, 0.1) is 18.0 Å². The lowest BCUT2D eigenvalue weighted by molar-refractivity contribution is -0.116. The van der Waals surface area contributed by atoms with Crippen LogP contribution in [-0.2, 0) is 27.0 Å². The van der Waals surface area contributed by atoms with E-state index in [2.05, 4.69) is 56.4 Å². The van der Waals surface area contributed by atoms with Crippen LogP contribution in [-0.4, -0.2) is 51.5 Å². The van der Waals surface area contributed by atoms with E-state index in [9.17, 15) is 14.0 Å². The number of piperidine rings is 1. The van der Waals surface area contributed by atoms with Gasteiger partial charge in [0.15, 0.2) is 8.32 Å². The smallest absolute Gasteiger partial charge is 0.411 e. The number of aryl methyl sites for hydroxylation is 1. The van der Waals surface area contributed by atoms with Crippen molar-refractivity contribution >= 4 is 31.7 Å². The average molecular weight is 634 g/mol. The van der Waals surface area contributed by atoms with Crippen LogP contribution in [0.1, 0.15) is 57.6 Å². The predicted octanol–water partition coefficient (Wildman–Crippen LogP) is 8.62. The number of benzene rings is 3. The van der Waals surface area contributed by atoms with Crippen LogP contribution < -0.4 is 10.6 Å². The fraction of sp³-hybridized carbons (Fsp3) is 0.444. The number of ether oxygens (including phenoxy) is 1. The number of likely N-dealkylation sites (tertiary alicyclic amines) is 1. The van der Waals surface area contributed by atoms with E-state index < -0.39 is 20.2 Å². The van der Waals surface area contributed by atoms with Gasteiger partial charge in [0, 0.05) is 25.1 Å². The van der Waals surface area contributed by atoms with Crippen LogP contribution in [0.15, 0.2) is 66.7 Å². The zero-order valence-electron chi connectivity index (χ0n) is 27.5. The zero-order valence-corrected chi connectivity index (χ0v) is 28.5. The maximum absolute atomic E-state index is 14.8. The average Bonchev–Trinajstić information content (AvgIpc) is 2.98. The SMILES string of the molecule is CN1CCC(OC(=O)Nc2cc(CCCC(=O)Nc3ccc(CO[Si](C)(C)C(C)(C)C)cc3F)ccc2-c2ccccc2)CC1. The first-order valence-corrected chi connectivity index (χ1v) is 18.8. The van der Waals surface area contributed by atoms with E-state index >= 15 is 0 Å². The van der Waals surface area contributed by atoms with Gasteiger partial charge in [0.25, 0.3) is 0 Å². The first-order chi connectivity index (χ1) is 21.3. The van der Waals surface area contributed by atoms with Gasteiger partial charge in [0.2, 0.25) is 5.91 Å². The third kappa shape index (κ3) is 9.98. The Morgan fingerprint density at radius 1 is 0.933 bits per heavy atom. The van der Waals surface area contributed by atoms with Crippen molar-refractivity contribution in [3.8, 4) is 11.1 Å². The molecular weight excluding hydrogens is 585 g/mol. The lowest BCUT2D eigenvalue weighted by atomic mass is 9.99. The van der Waals surface area contributed by atoms with Gasteiger partial charge in [-0.15, -0.1) is 0 Å². The van der Waals surface area contributed by atoms with Gasteiger partial charge in [-0.3, -0.25) is 10.1 Å². The molecule has 9 heteroatoms. The van der Waals surface area contributed by atoms with E-state index in [0.717, 1.165) is 48.2 Å². The van der Waals surface area contributed by atoms with Crippen LogP contribution in [0, 0.1) is 5.82 Å². The van der Waals surface area contributed by atoms with Crippen molar-refractivity contribution < 1.29 is 23.1 Å². The molecule has 7 nitrogen and oxygen atoms in total. The highest BCUT2D eigenvalue weighted by Crippen LogP contribution is 2.37. The van der Waals surface area contributed by atoms with E-state index in [1.54, 1.807) is 12.1 Å². The number of nitrogens with zero attached hydrogens (tertiary/aromatic N) is 1. The molecule has 4 rings (SSSR count). The fourth-order valence-electron chi connectivity index (χ4n) is 5.01. The number of rotatable bonds is 11. The number of anilines is 2. The normalized spacial score (nSPS) is 14.6. The predicted molar refractivity (Wildman–Crippen MR) is 182 cm³/mol. The molecule has 2 N–H and O–H groups in total. The molecule has 3 aromatic rings. The van der Waals surface area contributed by atoms with E-state index in [0.29, 0.717) is 25.1 Å². The van der Waals surface area contributed by atoms with Gasteiger partial charge in [-0.05, 0) is 85.8 Å². The molecule has 3 aromatic carbocycles. The summed E-state index contributed by atoms with van der Waals surface area (Å²) in [5, 5.41) is 5.75. The number of carbonyl (C=O) groups is 2. The maximum Gasteiger partial charge on any atom is 0.411 e. The number of hydrogen-bond acceptors (Lipinski definition) is 5. The molecule has 45 heavy (non-hydrogen) atoms. The first kappa shape index (κ1) is 34.3. The number of amides is 2. The molecule has 0 bridgehead atoms. The summed E-state index contributed by atoms with van der Waals surface area (Å²) in [6, 6.07) is 20.7. The Bertz CT molecular complexity index is 1450. The Balaban J connectivity index is 1.33. The van der Waals surface area contributed by atoms with E-state index in [-0.39, 0.29) is 29.2 Å². The molecule has 0 aliphatic carbocycles. The maximum atomic E-state index is 14.8. The quantitative estimate of drug-likeness (QED) is 0.207. The van der Waals surface area contributed by atoms with Crippen LogP contribution in [0.5, 0.6) is 0 Å². The summed E-state index contributed by atoms with van der Waals surface area (Å²) in [5.74, 6) is -0.723. The first-order valence-electron chi connectivity index (χ1n) is 15.9. The van der Waals surface area contributed by atoms with Crippen molar-refractivity contribution in [3.05, 3.63) is 83.7 Å². The second-order valence-electron chi connectivity index (χ2n) is 13.5. The highest BCUT2D eigenvalue weighted by atomic mass is 28.4. The van der Waals surface area contributed by atoms with Crippen LogP contribution in [0.25, 0.3) is 11.1 Å². The Labute approximate surface area is 268 Å². The third-order valence-corrected chi connectivity index (χ3v) is 13.4. The van der Waals surface area contributed by atoms with Crippen molar-refractivity contribution in [1.82, 2.24) is 4.90 Å². The molecule has 1 saturated heterocycles. The molecule has 0 aromatic heterocycles. The van der Waals surface area contributed by atoms with Crippen LogP contribution in [0.2, 0.25) is 18.1 Å². The van der Waals surface area contributed by atoms with Gasteiger partial charge >= 0.3 is 6.09 Å². The third-order valence-electron chi connectivity index (χ3n) is 8.93. The molecule has 0 saturated carbocycles. The summed E-state index contributed by atoms with van der Waals surface area (Å²) in [5.41, 5.74) is 4.44. The molecule has 1 aliphatic heterocycles. The Kier molecular flexibility index (Phi) is 11.6. The number of carbonyl (C=O) groups excluding carboxylic acids is 2. The molecule has 242 valence electrons. The number of halogens is 1. The second kappa shape index (κ2) is 15.2. The highest BCUT2D eigenvalue weighted by molar-refractivity contribution is 6.74. The molecule has 0 radical (unpaired) electrons. The van der Waals surface area contributed by atoms with Crippen LogP contribution in [0.4, 0.5) is 20.6 Å². The molecular formula is C36H48FN3O4Si. The minimum atomic E-state index is -1.95. The monoisotopic (exact) mass is 633 g/mol. The van der Waals surface area contributed by atoms with Gasteiger partial charge in [-0.1, -0.05) is 69.3 Å². The molecule has 0 atom stereocenters. The molecule has 1 aliphatic rings. The van der Waals surface area contributed by atoms with Crippen molar-refractivity contribution in [2.75, 3.05) is 30.8 Å². The molecule has 2 amide bonds. The number of hydrogen-bond donors (Lipinski definition) is 2. The summed E-state index contributed by atoms with van der Waals surface area (Å²) < 4.78 is 26.8. The Morgan fingerprint density at radius 3 is 2.29 bits per heavy atom. The van der Waals surface area contributed by atoms with Crippen molar-refractivity contribution in [1.29, 1.82) is 0 Å². The standard InChI is InChI=1S/C36H48FN3O4Si/c1-36(2,3)45(5,6)43-25-27-16-18-32(31(37)23-27)38-34(41)14-10-11-26-15-17-30(28-12-8-7-9-13-28)33(24-26)39-35(42)44-29-19-21-40(4)22-20-29/h7-9,12-13,15-18,23-24,29H,10-11,14,19-22,25H2,1-6H3,(H,38,41)(H,39,42). The van der Waals surface area contributed by atoms with Gasteiger partial charge in [-0.2, -0.15) is 0 Å².